The number of carbonyl (C=O) groups is 3. The van der Waals surface area contributed by atoms with Crippen LogP contribution in [0.4, 0.5) is 11.5 Å². The van der Waals surface area contributed by atoms with Crippen LogP contribution < -0.4 is 20.3 Å². The first kappa shape index (κ1) is 29.8. The van der Waals surface area contributed by atoms with Crippen molar-refractivity contribution < 1.29 is 19.1 Å². The molecule has 1 aliphatic carbocycles. The molecule has 3 aromatic rings. The standard InChI is InChI=1S/C33H40N4O4/c1-23-15-20-28(24(2)22-23)37(31(39)14-9-13-30(38)36-29-12-7-8-21-34-29)32(25-16-18-27(41-3)19-17-25)33(40)35-26-10-5-4-6-11-26/h7-8,12,15-22,26,32H,4-6,9-11,13-14H2,1-3H3,(H,35,40)(H,34,36,38)/t32-/m1/s1. The lowest BCUT2D eigenvalue weighted by molar-refractivity contribution is -0.127. The Morgan fingerprint density at radius 2 is 1.73 bits per heavy atom. The summed E-state index contributed by atoms with van der Waals surface area (Å²) in [6.07, 6.45) is 7.41. The van der Waals surface area contributed by atoms with Crippen LogP contribution in [0.2, 0.25) is 0 Å². The summed E-state index contributed by atoms with van der Waals surface area (Å²) in [5.41, 5.74) is 3.34. The molecule has 41 heavy (non-hydrogen) atoms. The van der Waals surface area contributed by atoms with Gasteiger partial charge >= 0.3 is 0 Å². The molecule has 1 fully saturated rings. The van der Waals surface area contributed by atoms with Crippen molar-refractivity contribution >= 4 is 29.2 Å². The van der Waals surface area contributed by atoms with E-state index in [9.17, 15) is 14.4 Å². The second-order valence-corrected chi connectivity index (χ2v) is 10.7. The SMILES string of the molecule is COc1ccc([C@H](C(=O)NC2CCCCC2)N(C(=O)CCCC(=O)Nc2ccccn2)c2ccc(C)cc2C)cc1. The molecule has 2 N–H and O–H groups in total. The number of pyridine rings is 1. The number of rotatable bonds is 11. The van der Waals surface area contributed by atoms with Crippen LogP contribution in [-0.2, 0) is 14.4 Å². The number of anilines is 2. The van der Waals surface area contributed by atoms with Crippen LogP contribution in [0.25, 0.3) is 0 Å². The van der Waals surface area contributed by atoms with Gasteiger partial charge in [0.25, 0.3) is 0 Å². The average molecular weight is 557 g/mol. The van der Waals surface area contributed by atoms with Gasteiger partial charge < -0.3 is 15.4 Å². The zero-order valence-electron chi connectivity index (χ0n) is 24.2. The summed E-state index contributed by atoms with van der Waals surface area (Å²) in [5, 5.41) is 6.01. The zero-order valence-corrected chi connectivity index (χ0v) is 24.2. The normalized spacial score (nSPS) is 14.1. The van der Waals surface area contributed by atoms with Crippen molar-refractivity contribution in [1.29, 1.82) is 0 Å². The second-order valence-electron chi connectivity index (χ2n) is 10.7. The van der Waals surface area contributed by atoms with Crippen molar-refractivity contribution in [1.82, 2.24) is 10.3 Å². The fourth-order valence-corrected chi connectivity index (χ4v) is 5.39. The maximum Gasteiger partial charge on any atom is 0.248 e. The summed E-state index contributed by atoms with van der Waals surface area (Å²) in [4.78, 5) is 46.3. The van der Waals surface area contributed by atoms with E-state index in [1.54, 1.807) is 36.4 Å². The molecule has 1 atom stereocenters. The number of ether oxygens (including phenoxy) is 1. The molecule has 0 radical (unpaired) electrons. The number of aromatic nitrogens is 1. The van der Waals surface area contributed by atoms with Gasteiger partial charge in [-0.1, -0.05) is 55.2 Å². The van der Waals surface area contributed by atoms with E-state index in [1.165, 1.54) is 6.42 Å². The number of amides is 3. The Hall–Kier alpha value is -4.20. The predicted molar refractivity (Wildman–Crippen MR) is 161 cm³/mol. The van der Waals surface area contributed by atoms with E-state index < -0.39 is 6.04 Å². The van der Waals surface area contributed by atoms with Gasteiger partial charge in [-0.15, -0.1) is 0 Å². The third kappa shape index (κ3) is 8.16. The highest BCUT2D eigenvalue weighted by Gasteiger charge is 2.34. The molecular formula is C33H40N4O4. The van der Waals surface area contributed by atoms with Gasteiger partial charge in [0, 0.05) is 30.8 Å². The molecule has 8 heteroatoms. The molecule has 216 valence electrons. The van der Waals surface area contributed by atoms with Crippen LogP contribution in [0.1, 0.15) is 74.1 Å². The molecule has 0 spiro atoms. The minimum Gasteiger partial charge on any atom is -0.497 e. The molecular weight excluding hydrogens is 516 g/mol. The first-order valence-electron chi connectivity index (χ1n) is 14.4. The fourth-order valence-electron chi connectivity index (χ4n) is 5.39. The number of hydrogen-bond donors (Lipinski definition) is 2. The summed E-state index contributed by atoms with van der Waals surface area (Å²) in [6, 6.07) is 17.7. The van der Waals surface area contributed by atoms with Crippen molar-refractivity contribution in [2.24, 2.45) is 0 Å². The molecule has 0 bridgehead atoms. The Labute approximate surface area is 242 Å². The number of hydrogen-bond acceptors (Lipinski definition) is 5. The maximum absolute atomic E-state index is 14.0. The number of carbonyl (C=O) groups excluding carboxylic acids is 3. The Bertz CT molecular complexity index is 1320. The Kier molecular flexibility index (Phi) is 10.5. The molecule has 4 rings (SSSR count). The van der Waals surface area contributed by atoms with E-state index in [0.717, 1.165) is 36.8 Å². The molecule has 1 aromatic heterocycles. The first-order chi connectivity index (χ1) is 19.9. The van der Waals surface area contributed by atoms with Crippen molar-refractivity contribution in [3.8, 4) is 5.75 Å². The molecule has 3 amide bonds. The van der Waals surface area contributed by atoms with Crippen LogP contribution in [0.3, 0.4) is 0 Å². The van der Waals surface area contributed by atoms with E-state index in [1.807, 2.05) is 56.3 Å². The van der Waals surface area contributed by atoms with Gasteiger partial charge in [-0.2, -0.15) is 0 Å². The minimum atomic E-state index is -0.876. The summed E-state index contributed by atoms with van der Waals surface area (Å²) >= 11 is 0. The van der Waals surface area contributed by atoms with E-state index >= 15 is 0 Å². The number of methoxy groups -OCH3 is 1. The van der Waals surface area contributed by atoms with Gasteiger partial charge in [0.1, 0.15) is 17.6 Å². The van der Waals surface area contributed by atoms with Crippen LogP contribution in [0.5, 0.6) is 5.75 Å². The summed E-state index contributed by atoms with van der Waals surface area (Å²) in [7, 11) is 1.60. The fraction of sp³-hybridized carbons (Fsp3) is 0.394. The van der Waals surface area contributed by atoms with Crippen molar-refractivity contribution in [2.45, 2.75) is 77.3 Å². The molecule has 2 aromatic carbocycles. The minimum absolute atomic E-state index is 0.0864. The van der Waals surface area contributed by atoms with Gasteiger partial charge in [0.05, 0.1) is 7.11 Å². The number of nitrogens with one attached hydrogen (secondary N) is 2. The summed E-state index contributed by atoms with van der Waals surface area (Å²) in [5.74, 6) is 0.505. The highest BCUT2D eigenvalue weighted by molar-refractivity contribution is 6.02. The van der Waals surface area contributed by atoms with Gasteiger partial charge in [-0.3, -0.25) is 19.3 Å². The quantitative estimate of drug-likeness (QED) is 0.300. The molecule has 8 nitrogen and oxygen atoms in total. The third-order valence-corrected chi connectivity index (χ3v) is 7.50. The van der Waals surface area contributed by atoms with Gasteiger partial charge in [0.15, 0.2) is 0 Å². The smallest absolute Gasteiger partial charge is 0.248 e. The molecule has 0 aliphatic heterocycles. The molecule has 1 heterocycles. The number of aryl methyl sites for hydroxylation is 2. The van der Waals surface area contributed by atoms with E-state index in [-0.39, 0.29) is 36.6 Å². The topological polar surface area (TPSA) is 101 Å². The van der Waals surface area contributed by atoms with Crippen LogP contribution in [0, 0.1) is 13.8 Å². The van der Waals surface area contributed by atoms with E-state index in [4.69, 9.17) is 4.74 Å². The molecule has 1 saturated carbocycles. The predicted octanol–water partition coefficient (Wildman–Crippen LogP) is 6.04. The first-order valence-corrected chi connectivity index (χ1v) is 14.4. The van der Waals surface area contributed by atoms with Crippen molar-refractivity contribution in [3.05, 3.63) is 83.6 Å². The Balaban J connectivity index is 1.61. The number of nitrogens with zero attached hydrogens (tertiary/aromatic N) is 2. The van der Waals surface area contributed by atoms with Crippen LogP contribution >= 0.6 is 0 Å². The monoisotopic (exact) mass is 556 g/mol. The zero-order chi connectivity index (χ0) is 29.2. The highest BCUT2D eigenvalue weighted by atomic mass is 16.5. The lowest BCUT2D eigenvalue weighted by atomic mass is 9.94. The second kappa shape index (κ2) is 14.4. The molecule has 0 saturated heterocycles. The summed E-state index contributed by atoms with van der Waals surface area (Å²) < 4.78 is 5.35. The Morgan fingerprint density at radius 1 is 0.976 bits per heavy atom. The maximum atomic E-state index is 14.0. The number of benzene rings is 2. The van der Waals surface area contributed by atoms with Crippen molar-refractivity contribution in [2.75, 3.05) is 17.3 Å². The van der Waals surface area contributed by atoms with Crippen LogP contribution in [-0.4, -0.2) is 35.9 Å². The highest BCUT2D eigenvalue weighted by Crippen LogP contribution is 2.33. The average Bonchev–Trinajstić information content (AvgIpc) is 2.97. The largest absolute Gasteiger partial charge is 0.497 e. The molecule has 1 aliphatic rings. The third-order valence-electron chi connectivity index (χ3n) is 7.50. The van der Waals surface area contributed by atoms with Gasteiger partial charge in [-0.05, 0) is 74.6 Å². The molecule has 0 unspecified atom stereocenters. The van der Waals surface area contributed by atoms with Crippen molar-refractivity contribution in [3.63, 3.8) is 0 Å². The van der Waals surface area contributed by atoms with Gasteiger partial charge in [-0.25, -0.2) is 4.98 Å². The van der Waals surface area contributed by atoms with E-state index in [2.05, 4.69) is 15.6 Å². The lowest BCUT2D eigenvalue weighted by Crippen LogP contribution is -2.47. The van der Waals surface area contributed by atoms with Crippen LogP contribution in [0.15, 0.2) is 66.9 Å². The summed E-state index contributed by atoms with van der Waals surface area (Å²) in [6.45, 7) is 3.95. The Morgan fingerprint density at radius 3 is 2.39 bits per heavy atom. The lowest BCUT2D eigenvalue weighted by Gasteiger charge is -2.34. The van der Waals surface area contributed by atoms with E-state index in [0.29, 0.717) is 29.2 Å². The van der Waals surface area contributed by atoms with Gasteiger partial charge in [0.2, 0.25) is 17.7 Å².